The number of hydrogen-bond donors (Lipinski definition) is 0. The second-order valence-electron chi connectivity index (χ2n) is 4.57. The molecule has 0 N–H and O–H groups in total. The number of benzene rings is 3. The highest BCUT2D eigenvalue weighted by atomic mass is 79.9. The highest BCUT2D eigenvalue weighted by Gasteiger charge is 2.01. The molecule has 20 heavy (non-hydrogen) atoms. The number of fused-ring (bicyclic) bond motifs is 1. The molecule has 0 aliphatic carbocycles. The molecule has 0 atom stereocenters. The molecule has 0 amide bonds. The summed E-state index contributed by atoms with van der Waals surface area (Å²) in [5.74, 6) is 0. The lowest BCUT2D eigenvalue weighted by Gasteiger charge is -2.04. The van der Waals surface area contributed by atoms with Crippen LogP contribution in [0.2, 0.25) is 5.02 Å². The lowest BCUT2D eigenvalue weighted by molar-refractivity contribution is 1.65. The predicted molar refractivity (Wildman–Crippen MR) is 92.0 cm³/mol. The van der Waals surface area contributed by atoms with Crippen molar-refractivity contribution in [2.75, 3.05) is 0 Å². The van der Waals surface area contributed by atoms with Gasteiger partial charge >= 0.3 is 0 Å². The zero-order valence-electron chi connectivity index (χ0n) is 10.7. The van der Waals surface area contributed by atoms with Gasteiger partial charge in [0.25, 0.3) is 0 Å². The maximum Gasteiger partial charge on any atom is 0.0406 e. The van der Waals surface area contributed by atoms with Gasteiger partial charge in [-0.1, -0.05) is 82.1 Å². The summed E-state index contributed by atoms with van der Waals surface area (Å²) in [4.78, 5) is 0. The minimum absolute atomic E-state index is 0.760. The minimum Gasteiger partial charge on any atom is -0.0843 e. The van der Waals surface area contributed by atoms with Crippen molar-refractivity contribution in [1.29, 1.82) is 0 Å². The third-order valence-electron chi connectivity index (χ3n) is 3.23. The lowest BCUT2D eigenvalue weighted by Crippen LogP contribution is -1.80. The van der Waals surface area contributed by atoms with Crippen molar-refractivity contribution in [2.24, 2.45) is 0 Å². The van der Waals surface area contributed by atoms with Crippen LogP contribution >= 0.6 is 27.5 Å². The summed E-state index contributed by atoms with van der Waals surface area (Å²) in [6, 6.07) is 20.4. The van der Waals surface area contributed by atoms with E-state index in [0.29, 0.717) is 0 Å². The van der Waals surface area contributed by atoms with E-state index in [4.69, 9.17) is 11.6 Å². The first-order valence-corrected chi connectivity index (χ1v) is 7.52. The number of hydrogen-bond acceptors (Lipinski definition) is 0. The van der Waals surface area contributed by atoms with Crippen LogP contribution in [0.25, 0.3) is 22.9 Å². The Balaban J connectivity index is 2.03. The van der Waals surface area contributed by atoms with Gasteiger partial charge in [0, 0.05) is 9.50 Å². The van der Waals surface area contributed by atoms with Gasteiger partial charge in [-0.2, -0.15) is 0 Å². The Hall–Kier alpha value is -1.57. The molecule has 3 aromatic rings. The third kappa shape index (κ3) is 2.79. The van der Waals surface area contributed by atoms with Crippen LogP contribution in [0.4, 0.5) is 0 Å². The van der Waals surface area contributed by atoms with E-state index in [1.165, 1.54) is 16.3 Å². The Bertz CT molecular complexity index is 773. The SMILES string of the molecule is Clc1ccc(/C=C/c2ccc(Br)c3ccccc23)cc1. The van der Waals surface area contributed by atoms with Crippen molar-refractivity contribution in [3.8, 4) is 0 Å². The van der Waals surface area contributed by atoms with Gasteiger partial charge in [-0.05, 0) is 40.1 Å². The molecular formula is C18H12BrCl. The largest absolute Gasteiger partial charge is 0.0843 e. The number of rotatable bonds is 2. The van der Waals surface area contributed by atoms with Crippen molar-refractivity contribution >= 4 is 50.5 Å². The monoisotopic (exact) mass is 342 g/mol. The van der Waals surface area contributed by atoms with Gasteiger partial charge in [-0.25, -0.2) is 0 Å². The lowest BCUT2D eigenvalue weighted by atomic mass is 10.0. The van der Waals surface area contributed by atoms with E-state index in [-0.39, 0.29) is 0 Å². The van der Waals surface area contributed by atoms with Crippen molar-refractivity contribution < 1.29 is 0 Å². The van der Waals surface area contributed by atoms with E-state index >= 15 is 0 Å². The van der Waals surface area contributed by atoms with Crippen LogP contribution in [0.3, 0.4) is 0 Å². The van der Waals surface area contributed by atoms with Crippen molar-refractivity contribution in [3.05, 3.63) is 81.3 Å². The molecule has 0 radical (unpaired) electrons. The molecule has 98 valence electrons. The van der Waals surface area contributed by atoms with Gasteiger partial charge < -0.3 is 0 Å². The topological polar surface area (TPSA) is 0 Å². The Kier molecular flexibility index (Phi) is 3.90. The molecule has 3 rings (SSSR count). The molecule has 0 bridgehead atoms. The summed E-state index contributed by atoms with van der Waals surface area (Å²) in [7, 11) is 0. The van der Waals surface area contributed by atoms with Crippen LogP contribution in [0.5, 0.6) is 0 Å². The van der Waals surface area contributed by atoms with Gasteiger partial charge in [-0.15, -0.1) is 0 Å². The molecule has 0 unspecified atom stereocenters. The fraction of sp³-hybridized carbons (Fsp3) is 0. The van der Waals surface area contributed by atoms with Gasteiger partial charge in [0.1, 0.15) is 0 Å². The molecule has 3 aromatic carbocycles. The van der Waals surface area contributed by atoms with Crippen molar-refractivity contribution in [2.45, 2.75) is 0 Å². The smallest absolute Gasteiger partial charge is 0.0406 e. The first-order valence-electron chi connectivity index (χ1n) is 6.35. The molecule has 0 saturated carbocycles. The van der Waals surface area contributed by atoms with E-state index in [0.717, 1.165) is 15.1 Å². The first-order chi connectivity index (χ1) is 9.74. The van der Waals surface area contributed by atoms with Crippen LogP contribution in [0.15, 0.2) is 65.1 Å². The van der Waals surface area contributed by atoms with Crippen LogP contribution in [0, 0.1) is 0 Å². The normalized spacial score (nSPS) is 11.3. The van der Waals surface area contributed by atoms with Crippen LogP contribution in [0.1, 0.15) is 11.1 Å². The standard InChI is InChI=1S/C18H12BrCl/c19-18-12-9-14(16-3-1-2-4-17(16)18)8-5-13-6-10-15(20)11-7-13/h1-12H/b8-5+. The van der Waals surface area contributed by atoms with Crippen LogP contribution < -0.4 is 0 Å². The Morgan fingerprint density at radius 2 is 1.45 bits per heavy atom. The molecule has 0 nitrogen and oxygen atoms in total. The second-order valence-corrected chi connectivity index (χ2v) is 5.86. The zero-order valence-corrected chi connectivity index (χ0v) is 13.0. The van der Waals surface area contributed by atoms with Gasteiger partial charge in [-0.3, -0.25) is 0 Å². The minimum atomic E-state index is 0.760. The predicted octanol–water partition coefficient (Wildman–Crippen LogP) is 6.43. The molecular weight excluding hydrogens is 332 g/mol. The molecule has 0 aliphatic heterocycles. The van der Waals surface area contributed by atoms with E-state index in [2.05, 4.69) is 64.5 Å². The zero-order chi connectivity index (χ0) is 13.9. The summed E-state index contributed by atoms with van der Waals surface area (Å²) < 4.78 is 1.12. The summed E-state index contributed by atoms with van der Waals surface area (Å²) in [6.45, 7) is 0. The molecule has 2 heteroatoms. The molecule has 0 aliphatic rings. The molecule has 0 heterocycles. The molecule has 0 spiro atoms. The maximum absolute atomic E-state index is 5.90. The van der Waals surface area contributed by atoms with Crippen molar-refractivity contribution in [3.63, 3.8) is 0 Å². The van der Waals surface area contributed by atoms with Crippen LogP contribution in [-0.2, 0) is 0 Å². The average Bonchev–Trinajstić information content (AvgIpc) is 2.49. The summed E-state index contributed by atoms with van der Waals surface area (Å²) in [5, 5.41) is 3.23. The van der Waals surface area contributed by atoms with Crippen LogP contribution in [-0.4, -0.2) is 0 Å². The Morgan fingerprint density at radius 3 is 2.20 bits per heavy atom. The maximum atomic E-state index is 5.90. The highest BCUT2D eigenvalue weighted by molar-refractivity contribution is 9.10. The fourth-order valence-corrected chi connectivity index (χ4v) is 2.79. The molecule has 0 saturated heterocycles. The number of halogens is 2. The second kappa shape index (κ2) is 5.82. The first kappa shape index (κ1) is 13.4. The van der Waals surface area contributed by atoms with E-state index in [1.54, 1.807) is 0 Å². The average molecular weight is 344 g/mol. The van der Waals surface area contributed by atoms with E-state index < -0.39 is 0 Å². The summed E-state index contributed by atoms with van der Waals surface area (Å²) in [6.07, 6.45) is 4.24. The highest BCUT2D eigenvalue weighted by Crippen LogP contribution is 2.28. The van der Waals surface area contributed by atoms with Crippen molar-refractivity contribution in [1.82, 2.24) is 0 Å². The quantitative estimate of drug-likeness (QED) is 0.471. The Morgan fingerprint density at radius 1 is 0.750 bits per heavy atom. The Labute approximate surface area is 131 Å². The van der Waals surface area contributed by atoms with Gasteiger partial charge in [0.15, 0.2) is 0 Å². The summed E-state index contributed by atoms with van der Waals surface area (Å²) >= 11 is 9.49. The van der Waals surface area contributed by atoms with Gasteiger partial charge in [0.05, 0.1) is 0 Å². The van der Waals surface area contributed by atoms with E-state index in [9.17, 15) is 0 Å². The fourth-order valence-electron chi connectivity index (χ4n) is 2.19. The third-order valence-corrected chi connectivity index (χ3v) is 4.17. The molecule has 0 fully saturated rings. The molecule has 0 aromatic heterocycles. The van der Waals surface area contributed by atoms with E-state index in [1.807, 2.05) is 24.3 Å². The van der Waals surface area contributed by atoms with Gasteiger partial charge in [0.2, 0.25) is 0 Å². The summed E-state index contributed by atoms with van der Waals surface area (Å²) in [5.41, 5.74) is 2.35.